The predicted octanol–water partition coefficient (Wildman–Crippen LogP) is 4.37. The molecule has 0 fully saturated rings. The van der Waals surface area contributed by atoms with E-state index in [0.29, 0.717) is 5.75 Å². The molecule has 2 rings (SSSR count). The van der Waals surface area contributed by atoms with E-state index in [1.165, 1.54) is 0 Å². The third-order valence-electron chi connectivity index (χ3n) is 4.72. The van der Waals surface area contributed by atoms with Gasteiger partial charge in [-0.3, -0.25) is 4.90 Å². The second-order valence-electron chi connectivity index (χ2n) is 6.95. The number of rotatable bonds is 7. The number of carbonyl (C=O) groups excluding carboxylic acids is 1. The van der Waals surface area contributed by atoms with Crippen molar-refractivity contribution in [2.45, 2.75) is 32.4 Å². The summed E-state index contributed by atoms with van der Waals surface area (Å²) in [6.07, 6.45) is 5.78. The first-order valence-electron chi connectivity index (χ1n) is 9.14. The van der Waals surface area contributed by atoms with Crippen LogP contribution in [0.5, 0.6) is 5.75 Å². The van der Waals surface area contributed by atoms with Crippen molar-refractivity contribution < 1.29 is 9.53 Å². The molecule has 0 heterocycles. The Bertz CT molecular complexity index is 780. The van der Waals surface area contributed by atoms with Gasteiger partial charge >= 0.3 is 6.09 Å². The molecule has 27 heavy (non-hydrogen) atoms. The van der Waals surface area contributed by atoms with Crippen LogP contribution in [0.1, 0.15) is 31.0 Å². The van der Waals surface area contributed by atoms with Crippen LogP contribution in [0.3, 0.4) is 0 Å². The van der Waals surface area contributed by atoms with Gasteiger partial charge in [-0.1, -0.05) is 48.4 Å². The standard InChI is InChI=1S/C23H28N2O2/c1-6-15-25(18(2)16-20-11-8-7-9-12-20)23(26)27-22-14-10-13-21(17-22)19(3)24(4)5/h1,7-14,17-19H,15-16H2,2-5H3/t18-,19+/m1/s1. The van der Waals surface area contributed by atoms with Crippen LogP contribution in [0, 0.1) is 12.3 Å². The minimum absolute atomic E-state index is 0.0696. The summed E-state index contributed by atoms with van der Waals surface area (Å²) in [7, 11) is 4.03. The fourth-order valence-corrected chi connectivity index (χ4v) is 2.86. The molecule has 142 valence electrons. The van der Waals surface area contributed by atoms with Crippen molar-refractivity contribution in [3.05, 3.63) is 65.7 Å². The van der Waals surface area contributed by atoms with Crippen LogP contribution < -0.4 is 4.74 Å². The lowest BCUT2D eigenvalue weighted by atomic mass is 10.1. The maximum absolute atomic E-state index is 12.7. The van der Waals surface area contributed by atoms with Crippen molar-refractivity contribution in [3.8, 4) is 18.1 Å². The zero-order valence-electron chi connectivity index (χ0n) is 16.6. The highest BCUT2D eigenvalue weighted by atomic mass is 16.6. The number of hydrogen-bond donors (Lipinski definition) is 0. The summed E-state index contributed by atoms with van der Waals surface area (Å²) < 4.78 is 5.63. The van der Waals surface area contributed by atoms with E-state index in [4.69, 9.17) is 11.2 Å². The van der Waals surface area contributed by atoms with E-state index in [9.17, 15) is 4.79 Å². The molecular weight excluding hydrogens is 336 g/mol. The van der Waals surface area contributed by atoms with Crippen molar-refractivity contribution in [2.75, 3.05) is 20.6 Å². The Hall–Kier alpha value is -2.77. The molecule has 0 bridgehead atoms. The predicted molar refractivity (Wildman–Crippen MR) is 110 cm³/mol. The van der Waals surface area contributed by atoms with Gasteiger partial charge in [0.1, 0.15) is 5.75 Å². The number of ether oxygens (including phenoxy) is 1. The van der Waals surface area contributed by atoms with Crippen LogP contribution in [-0.4, -0.2) is 42.6 Å². The molecule has 2 aromatic rings. The van der Waals surface area contributed by atoms with Crippen LogP contribution in [0.25, 0.3) is 0 Å². The maximum Gasteiger partial charge on any atom is 0.416 e. The number of carbonyl (C=O) groups is 1. The van der Waals surface area contributed by atoms with Crippen LogP contribution in [0.15, 0.2) is 54.6 Å². The van der Waals surface area contributed by atoms with Crippen molar-refractivity contribution in [2.24, 2.45) is 0 Å². The molecule has 0 aromatic heterocycles. The van der Waals surface area contributed by atoms with Crippen molar-refractivity contribution in [1.82, 2.24) is 9.80 Å². The topological polar surface area (TPSA) is 32.8 Å². The molecule has 0 aliphatic carbocycles. The lowest BCUT2D eigenvalue weighted by molar-refractivity contribution is 0.142. The van der Waals surface area contributed by atoms with E-state index in [-0.39, 0.29) is 18.6 Å². The average molecular weight is 364 g/mol. The summed E-state index contributed by atoms with van der Waals surface area (Å²) in [6, 6.07) is 17.8. The SMILES string of the molecule is C#CCN(C(=O)Oc1cccc([C@H](C)N(C)C)c1)[C@H](C)Cc1ccccc1. The molecule has 2 aromatic carbocycles. The van der Waals surface area contributed by atoms with Gasteiger partial charge in [-0.05, 0) is 57.6 Å². The molecule has 1 amide bonds. The Balaban J connectivity index is 2.10. The van der Waals surface area contributed by atoms with E-state index in [0.717, 1.165) is 17.5 Å². The molecule has 0 unspecified atom stereocenters. The molecule has 0 N–H and O–H groups in total. The Labute approximate surface area is 162 Å². The van der Waals surface area contributed by atoms with Crippen molar-refractivity contribution in [1.29, 1.82) is 0 Å². The molecule has 0 saturated heterocycles. The number of terminal acetylenes is 1. The van der Waals surface area contributed by atoms with Crippen LogP contribution in [-0.2, 0) is 6.42 Å². The fraction of sp³-hybridized carbons (Fsp3) is 0.348. The second-order valence-corrected chi connectivity index (χ2v) is 6.95. The highest BCUT2D eigenvalue weighted by Gasteiger charge is 2.22. The summed E-state index contributed by atoms with van der Waals surface area (Å²) in [5.74, 6) is 3.09. The Kier molecular flexibility index (Phi) is 7.45. The molecule has 4 nitrogen and oxygen atoms in total. The van der Waals surface area contributed by atoms with Crippen LogP contribution in [0.2, 0.25) is 0 Å². The molecule has 0 spiro atoms. The second kappa shape index (κ2) is 9.80. The highest BCUT2D eigenvalue weighted by molar-refractivity contribution is 5.71. The van der Waals surface area contributed by atoms with E-state index in [1.807, 2.05) is 69.6 Å². The quantitative estimate of drug-likeness (QED) is 0.684. The zero-order chi connectivity index (χ0) is 19.8. The first-order chi connectivity index (χ1) is 12.9. The Morgan fingerprint density at radius 1 is 1.11 bits per heavy atom. The molecule has 2 atom stereocenters. The van der Waals surface area contributed by atoms with Gasteiger partial charge < -0.3 is 9.64 Å². The lowest BCUT2D eigenvalue weighted by Gasteiger charge is -2.27. The fourth-order valence-electron chi connectivity index (χ4n) is 2.86. The van der Waals surface area contributed by atoms with E-state index in [1.54, 1.807) is 11.0 Å². The summed E-state index contributed by atoms with van der Waals surface area (Å²) >= 11 is 0. The summed E-state index contributed by atoms with van der Waals surface area (Å²) in [5, 5.41) is 0. The molecule has 0 saturated carbocycles. The van der Waals surface area contributed by atoms with E-state index < -0.39 is 6.09 Å². The third-order valence-corrected chi connectivity index (χ3v) is 4.72. The minimum atomic E-state index is -0.425. The molecule has 0 aliphatic rings. The largest absolute Gasteiger partial charge is 0.416 e. The molecule has 4 heteroatoms. The highest BCUT2D eigenvalue weighted by Crippen LogP contribution is 2.23. The number of benzene rings is 2. The Morgan fingerprint density at radius 3 is 2.44 bits per heavy atom. The van der Waals surface area contributed by atoms with Crippen molar-refractivity contribution >= 4 is 6.09 Å². The molecular formula is C23H28N2O2. The van der Waals surface area contributed by atoms with Crippen LogP contribution >= 0.6 is 0 Å². The zero-order valence-corrected chi connectivity index (χ0v) is 16.6. The first-order valence-corrected chi connectivity index (χ1v) is 9.14. The van der Waals surface area contributed by atoms with Gasteiger partial charge in [-0.15, -0.1) is 6.42 Å². The van der Waals surface area contributed by atoms with Gasteiger partial charge in [0.2, 0.25) is 0 Å². The molecule has 0 radical (unpaired) electrons. The van der Waals surface area contributed by atoms with Gasteiger partial charge in [0.15, 0.2) is 0 Å². The molecule has 0 aliphatic heterocycles. The van der Waals surface area contributed by atoms with Crippen molar-refractivity contribution in [3.63, 3.8) is 0 Å². The number of amides is 1. The van der Waals surface area contributed by atoms with Gasteiger partial charge in [0.05, 0.1) is 6.54 Å². The summed E-state index contributed by atoms with van der Waals surface area (Å²) in [4.78, 5) is 16.4. The van der Waals surface area contributed by atoms with Gasteiger partial charge in [0, 0.05) is 12.1 Å². The number of nitrogens with zero attached hydrogens (tertiary/aromatic N) is 2. The van der Waals surface area contributed by atoms with Gasteiger partial charge in [-0.2, -0.15) is 0 Å². The third kappa shape index (κ3) is 5.87. The van der Waals surface area contributed by atoms with E-state index >= 15 is 0 Å². The number of hydrogen-bond acceptors (Lipinski definition) is 3. The van der Waals surface area contributed by atoms with Gasteiger partial charge in [-0.25, -0.2) is 4.79 Å². The summed E-state index contributed by atoms with van der Waals surface area (Å²) in [5.41, 5.74) is 2.24. The minimum Gasteiger partial charge on any atom is -0.410 e. The summed E-state index contributed by atoms with van der Waals surface area (Å²) in [6.45, 7) is 4.30. The van der Waals surface area contributed by atoms with Gasteiger partial charge in [0.25, 0.3) is 0 Å². The smallest absolute Gasteiger partial charge is 0.410 e. The van der Waals surface area contributed by atoms with Crippen LogP contribution in [0.4, 0.5) is 4.79 Å². The lowest BCUT2D eigenvalue weighted by Crippen LogP contribution is -2.41. The first kappa shape index (κ1) is 20.5. The average Bonchev–Trinajstić information content (AvgIpc) is 2.66. The maximum atomic E-state index is 12.7. The Morgan fingerprint density at radius 2 is 1.81 bits per heavy atom. The van der Waals surface area contributed by atoms with E-state index in [2.05, 4.69) is 17.7 Å². The monoisotopic (exact) mass is 364 g/mol. The normalized spacial score (nSPS) is 12.9.